The smallest absolute Gasteiger partial charge is 0.341 e. The lowest BCUT2D eigenvalue weighted by molar-refractivity contribution is -0.155. The predicted octanol–water partition coefficient (Wildman–Crippen LogP) is 1.44. The Morgan fingerprint density at radius 3 is 2.19 bits per heavy atom. The lowest BCUT2D eigenvalue weighted by atomic mass is 10.1. The van der Waals surface area contributed by atoms with E-state index in [0.29, 0.717) is 11.3 Å². The molecule has 0 N–H and O–H groups in total. The van der Waals surface area contributed by atoms with E-state index in [4.69, 9.17) is 14.2 Å². The molecule has 0 saturated heterocycles. The van der Waals surface area contributed by atoms with Crippen molar-refractivity contribution in [1.82, 2.24) is 0 Å². The summed E-state index contributed by atoms with van der Waals surface area (Å²) in [5, 5.41) is 0. The lowest BCUT2D eigenvalue weighted by Gasteiger charge is -2.13. The van der Waals surface area contributed by atoms with E-state index < -0.39 is 18.0 Å². The van der Waals surface area contributed by atoms with Gasteiger partial charge in [-0.05, 0) is 12.1 Å². The maximum atomic E-state index is 12.2. The van der Waals surface area contributed by atoms with E-state index in [0.717, 1.165) is 0 Å². The summed E-state index contributed by atoms with van der Waals surface area (Å²) in [4.78, 5) is 24.1. The molecule has 0 amide bonds. The second kappa shape index (κ2) is 8.18. The minimum atomic E-state index is -1.18. The summed E-state index contributed by atoms with van der Waals surface area (Å²) in [6.45, 7) is 0. The number of Topliss-reactive ketones (excluding diaryl/α,β-unsaturated/α-hetero) is 1. The van der Waals surface area contributed by atoms with Crippen molar-refractivity contribution in [2.45, 2.75) is 6.29 Å². The van der Waals surface area contributed by atoms with Gasteiger partial charge in [0, 0.05) is 19.8 Å². The third-order valence-corrected chi connectivity index (χ3v) is 2.75. The molecule has 0 saturated carbocycles. The van der Waals surface area contributed by atoms with Crippen LogP contribution in [0, 0.1) is 0 Å². The number of carbonyl (C=O) groups excluding carboxylic acids is 2. The van der Waals surface area contributed by atoms with Crippen LogP contribution in [0.1, 0.15) is 5.56 Å². The van der Waals surface area contributed by atoms with E-state index in [9.17, 15) is 9.59 Å². The molecular formula is C15H18O6. The molecule has 21 heavy (non-hydrogen) atoms. The number of esters is 1. The molecule has 0 radical (unpaired) electrons. The van der Waals surface area contributed by atoms with Crippen molar-refractivity contribution < 1.29 is 28.5 Å². The molecule has 6 heteroatoms. The third-order valence-electron chi connectivity index (χ3n) is 2.75. The predicted molar refractivity (Wildman–Crippen MR) is 75.8 cm³/mol. The lowest BCUT2D eigenvalue weighted by Crippen LogP contribution is -2.29. The maximum Gasteiger partial charge on any atom is 0.341 e. The quantitative estimate of drug-likeness (QED) is 0.249. The van der Waals surface area contributed by atoms with E-state index in [1.807, 2.05) is 0 Å². The SMILES string of the molecule is COC(=O)C(=Cc1ccccc1OC)C(=O)C(OC)OC. The van der Waals surface area contributed by atoms with Crippen molar-refractivity contribution >= 4 is 17.8 Å². The Bertz CT molecular complexity index is 531. The summed E-state index contributed by atoms with van der Waals surface area (Å²) in [6.07, 6.45) is 0.211. The molecule has 6 nitrogen and oxygen atoms in total. The van der Waals surface area contributed by atoms with Gasteiger partial charge in [-0.1, -0.05) is 18.2 Å². The highest BCUT2D eigenvalue weighted by molar-refractivity contribution is 6.21. The first-order valence-corrected chi connectivity index (χ1v) is 6.11. The number of rotatable bonds is 7. The van der Waals surface area contributed by atoms with E-state index in [2.05, 4.69) is 4.74 Å². The first kappa shape index (κ1) is 16.9. The Morgan fingerprint density at radius 1 is 1.05 bits per heavy atom. The molecule has 1 aromatic carbocycles. The fourth-order valence-corrected chi connectivity index (χ4v) is 1.72. The van der Waals surface area contributed by atoms with Gasteiger partial charge < -0.3 is 18.9 Å². The fraction of sp³-hybridized carbons (Fsp3) is 0.333. The summed E-state index contributed by atoms with van der Waals surface area (Å²) in [5.74, 6) is -0.874. The number of carbonyl (C=O) groups is 2. The molecule has 0 spiro atoms. The zero-order chi connectivity index (χ0) is 15.8. The van der Waals surface area contributed by atoms with Crippen LogP contribution in [-0.4, -0.2) is 46.5 Å². The van der Waals surface area contributed by atoms with Crippen LogP contribution in [0.25, 0.3) is 6.08 Å². The van der Waals surface area contributed by atoms with Crippen molar-refractivity contribution in [1.29, 1.82) is 0 Å². The van der Waals surface area contributed by atoms with Crippen LogP contribution in [0.3, 0.4) is 0 Å². The number of benzene rings is 1. The van der Waals surface area contributed by atoms with Gasteiger partial charge in [0.25, 0.3) is 0 Å². The number of para-hydroxylation sites is 1. The zero-order valence-corrected chi connectivity index (χ0v) is 12.4. The minimum absolute atomic E-state index is 0.185. The molecule has 0 aliphatic rings. The standard InChI is InChI=1S/C15H18O6/c1-18-12-8-6-5-7-10(12)9-11(14(17)19-2)13(16)15(20-3)21-4/h5-9,15H,1-4H3. The fourth-order valence-electron chi connectivity index (χ4n) is 1.72. The van der Waals surface area contributed by atoms with Gasteiger partial charge in [0.2, 0.25) is 12.1 Å². The van der Waals surface area contributed by atoms with Crippen molar-refractivity contribution in [3.63, 3.8) is 0 Å². The van der Waals surface area contributed by atoms with Crippen LogP contribution in [-0.2, 0) is 23.8 Å². The van der Waals surface area contributed by atoms with Crippen LogP contribution in [0.15, 0.2) is 29.8 Å². The molecule has 0 aromatic heterocycles. The van der Waals surface area contributed by atoms with Gasteiger partial charge >= 0.3 is 5.97 Å². The molecule has 0 fully saturated rings. The van der Waals surface area contributed by atoms with Crippen LogP contribution in [0.4, 0.5) is 0 Å². The number of ketones is 1. The third kappa shape index (κ3) is 4.14. The summed E-state index contributed by atoms with van der Waals surface area (Å²) < 4.78 is 19.6. The zero-order valence-electron chi connectivity index (χ0n) is 12.4. The van der Waals surface area contributed by atoms with Crippen molar-refractivity contribution in [2.24, 2.45) is 0 Å². The first-order valence-electron chi connectivity index (χ1n) is 6.11. The van der Waals surface area contributed by atoms with Gasteiger partial charge in [-0.3, -0.25) is 4.79 Å². The van der Waals surface area contributed by atoms with E-state index in [-0.39, 0.29) is 5.57 Å². The average molecular weight is 294 g/mol. The van der Waals surface area contributed by atoms with Gasteiger partial charge in [0.15, 0.2) is 0 Å². The van der Waals surface area contributed by atoms with E-state index >= 15 is 0 Å². The highest BCUT2D eigenvalue weighted by Gasteiger charge is 2.27. The van der Waals surface area contributed by atoms with Crippen molar-refractivity contribution in [2.75, 3.05) is 28.4 Å². The second-order valence-electron chi connectivity index (χ2n) is 3.96. The van der Waals surface area contributed by atoms with Crippen LogP contribution < -0.4 is 4.74 Å². The van der Waals surface area contributed by atoms with Crippen molar-refractivity contribution in [3.8, 4) is 5.75 Å². The molecule has 0 atom stereocenters. The van der Waals surface area contributed by atoms with E-state index in [1.54, 1.807) is 24.3 Å². The van der Waals surface area contributed by atoms with Crippen LogP contribution in [0.2, 0.25) is 0 Å². The van der Waals surface area contributed by atoms with Gasteiger partial charge in [-0.15, -0.1) is 0 Å². The number of hydrogen-bond acceptors (Lipinski definition) is 6. The molecule has 0 aliphatic carbocycles. The summed E-state index contributed by atoms with van der Waals surface area (Å²) in [6, 6.07) is 6.97. The molecule has 114 valence electrons. The first-order chi connectivity index (χ1) is 10.1. The van der Waals surface area contributed by atoms with Crippen LogP contribution >= 0.6 is 0 Å². The highest BCUT2D eigenvalue weighted by atomic mass is 16.7. The monoisotopic (exact) mass is 294 g/mol. The van der Waals surface area contributed by atoms with Crippen molar-refractivity contribution in [3.05, 3.63) is 35.4 Å². The summed E-state index contributed by atoms with van der Waals surface area (Å²) >= 11 is 0. The van der Waals surface area contributed by atoms with Gasteiger partial charge in [-0.25, -0.2) is 4.79 Å². The Morgan fingerprint density at radius 2 is 1.67 bits per heavy atom. The molecule has 0 bridgehead atoms. The number of hydrogen-bond donors (Lipinski definition) is 0. The maximum absolute atomic E-state index is 12.2. The Hall–Kier alpha value is -2.18. The topological polar surface area (TPSA) is 71.1 Å². The molecule has 1 aromatic rings. The number of methoxy groups -OCH3 is 4. The molecule has 0 heterocycles. The van der Waals surface area contributed by atoms with Gasteiger partial charge in [0.1, 0.15) is 11.3 Å². The Labute approximate surface area is 123 Å². The van der Waals surface area contributed by atoms with E-state index in [1.165, 1.54) is 34.5 Å². The Balaban J connectivity index is 3.28. The summed E-state index contributed by atoms with van der Waals surface area (Å²) in [5.41, 5.74) is 0.385. The van der Waals surface area contributed by atoms with Gasteiger partial charge in [-0.2, -0.15) is 0 Å². The highest BCUT2D eigenvalue weighted by Crippen LogP contribution is 2.22. The molecule has 0 aliphatic heterocycles. The molecular weight excluding hydrogens is 276 g/mol. The molecule has 0 unspecified atom stereocenters. The second-order valence-corrected chi connectivity index (χ2v) is 3.96. The largest absolute Gasteiger partial charge is 0.496 e. The Kier molecular flexibility index (Phi) is 6.58. The van der Waals surface area contributed by atoms with Gasteiger partial charge in [0.05, 0.1) is 14.2 Å². The average Bonchev–Trinajstić information content (AvgIpc) is 2.53. The van der Waals surface area contributed by atoms with Crippen LogP contribution in [0.5, 0.6) is 5.75 Å². The summed E-state index contributed by atoms with van der Waals surface area (Å²) in [7, 11) is 5.31. The number of ether oxygens (including phenoxy) is 4. The minimum Gasteiger partial charge on any atom is -0.496 e. The normalized spacial score (nSPS) is 11.4. The molecule has 1 rings (SSSR count).